The van der Waals surface area contributed by atoms with Crippen molar-refractivity contribution in [1.82, 2.24) is 19.6 Å². The van der Waals surface area contributed by atoms with Gasteiger partial charge in [0.05, 0.1) is 5.92 Å². The number of aromatic nitrogens is 4. The predicted octanol–water partition coefficient (Wildman–Crippen LogP) is 2.30. The normalized spacial score (nSPS) is 17.4. The molecule has 1 aliphatic heterocycles. The van der Waals surface area contributed by atoms with Crippen molar-refractivity contribution in [2.75, 3.05) is 6.61 Å². The third-order valence-corrected chi connectivity index (χ3v) is 3.51. The van der Waals surface area contributed by atoms with E-state index < -0.39 is 0 Å². The van der Waals surface area contributed by atoms with Gasteiger partial charge in [-0.3, -0.25) is 4.40 Å². The van der Waals surface area contributed by atoms with Gasteiger partial charge in [-0.05, 0) is 6.07 Å². The average molecular weight is 273 g/mol. The van der Waals surface area contributed by atoms with Gasteiger partial charge < -0.3 is 4.74 Å². The summed E-state index contributed by atoms with van der Waals surface area (Å²) in [5.74, 6) is 1.81. The molecular weight excluding hydrogens is 264 g/mol. The van der Waals surface area contributed by atoms with E-state index in [1.807, 2.05) is 22.6 Å². The minimum Gasteiger partial charge on any atom is -0.492 e. The highest BCUT2D eigenvalue weighted by molar-refractivity contribution is 6.29. The van der Waals surface area contributed by atoms with E-state index in [1.54, 1.807) is 12.4 Å². The Labute approximate surface area is 113 Å². The predicted molar refractivity (Wildman–Crippen MR) is 69.6 cm³/mol. The second-order valence-corrected chi connectivity index (χ2v) is 4.79. The van der Waals surface area contributed by atoms with Crippen LogP contribution in [0.2, 0.25) is 5.15 Å². The fourth-order valence-electron chi connectivity index (χ4n) is 2.40. The SMILES string of the molecule is Clc1cc2nnc(C3COc4ccccc43)n2cn1. The van der Waals surface area contributed by atoms with E-state index in [-0.39, 0.29) is 5.92 Å². The number of para-hydroxylation sites is 1. The molecule has 0 amide bonds. The fraction of sp³-hybridized carbons (Fsp3) is 0.154. The standard InChI is InChI=1S/C13H9ClN4O/c14-11-5-12-16-17-13(18(12)7-15-11)9-6-19-10-4-2-1-3-8(9)10/h1-5,7,9H,6H2. The summed E-state index contributed by atoms with van der Waals surface area (Å²) in [5.41, 5.74) is 1.83. The van der Waals surface area contributed by atoms with Crippen molar-refractivity contribution in [3.8, 4) is 5.75 Å². The third kappa shape index (κ3) is 1.58. The molecule has 3 aromatic rings. The maximum atomic E-state index is 5.85. The van der Waals surface area contributed by atoms with Crippen LogP contribution in [0.1, 0.15) is 17.3 Å². The number of rotatable bonds is 1. The summed E-state index contributed by atoms with van der Waals surface area (Å²) in [5, 5.41) is 8.79. The van der Waals surface area contributed by atoms with Crippen molar-refractivity contribution in [3.05, 3.63) is 53.2 Å². The molecule has 4 rings (SSSR count). The van der Waals surface area contributed by atoms with Gasteiger partial charge in [0, 0.05) is 11.6 Å². The van der Waals surface area contributed by atoms with Crippen LogP contribution in [0.5, 0.6) is 5.75 Å². The van der Waals surface area contributed by atoms with Gasteiger partial charge in [-0.2, -0.15) is 0 Å². The summed E-state index contributed by atoms with van der Waals surface area (Å²) < 4.78 is 7.53. The van der Waals surface area contributed by atoms with Crippen molar-refractivity contribution in [3.63, 3.8) is 0 Å². The number of fused-ring (bicyclic) bond motifs is 2. The molecule has 0 fully saturated rings. The Morgan fingerprint density at radius 2 is 2.16 bits per heavy atom. The molecule has 1 unspecified atom stereocenters. The number of hydrogen-bond acceptors (Lipinski definition) is 4. The molecule has 1 atom stereocenters. The zero-order chi connectivity index (χ0) is 12.8. The summed E-state index contributed by atoms with van der Waals surface area (Å²) in [7, 11) is 0. The largest absolute Gasteiger partial charge is 0.492 e. The van der Waals surface area contributed by atoms with Crippen molar-refractivity contribution in [2.45, 2.75) is 5.92 Å². The Kier molecular flexibility index (Phi) is 2.22. The maximum Gasteiger partial charge on any atom is 0.165 e. The maximum absolute atomic E-state index is 5.85. The number of ether oxygens (including phenoxy) is 1. The van der Waals surface area contributed by atoms with Crippen LogP contribution < -0.4 is 4.74 Å². The van der Waals surface area contributed by atoms with Crippen molar-refractivity contribution in [2.24, 2.45) is 0 Å². The molecule has 0 bridgehead atoms. The second kappa shape index (κ2) is 3.93. The molecule has 0 saturated carbocycles. The van der Waals surface area contributed by atoms with Gasteiger partial charge >= 0.3 is 0 Å². The summed E-state index contributed by atoms with van der Waals surface area (Å²) >= 11 is 5.85. The first-order chi connectivity index (χ1) is 9.33. The molecule has 0 aliphatic carbocycles. The van der Waals surface area contributed by atoms with E-state index >= 15 is 0 Å². The molecule has 0 saturated heterocycles. The highest BCUT2D eigenvalue weighted by Crippen LogP contribution is 2.37. The van der Waals surface area contributed by atoms with Gasteiger partial charge in [-0.1, -0.05) is 29.8 Å². The zero-order valence-electron chi connectivity index (χ0n) is 9.82. The molecule has 3 heterocycles. The van der Waals surface area contributed by atoms with Crippen molar-refractivity contribution >= 4 is 17.2 Å². The molecule has 1 aromatic carbocycles. The van der Waals surface area contributed by atoms with Crippen LogP contribution in [0.25, 0.3) is 5.65 Å². The lowest BCUT2D eigenvalue weighted by Gasteiger charge is -2.06. The monoisotopic (exact) mass is 272 g/mol. The quantitative estimate of drug-likeness (QED) is 0.638. The van der Waals surface area contributed by atoms with E-state index in [0.717, 1.165) is 17.1 Å². The molecule has 94 valence electrons. The lowest BCUT2D eigenvalue weighted by atomic mass is 10.0. The van der Waals surface area contributed by atoms with E-state index in [0.29, 0.717) is 17.4 Å². The highest BCUT2D eigenvalue weighted by atomic mass is 35.5. The molecule has 1 aliphatic rings. The van der Waals surface area contributed by atoms with Crippen LogP contribution in [-0.2, 0) is 0 Å². The van der Waals surface area contributed by atoms with Crippen LogP contribution in [0.15, 0.2) is 36.7 Å². The Bertz CT molecular complexity index is 770. The van der Waals surface area contributed by atoms with Gasteiger partial charge in [0.2, 0.25) is 0 Å². The lowest BCUT2D eigenvalue weighted by Crippen LogP contribution is -2.07. The molecule has 5 nitrogen and oxygen atoms in total. The van der Waals surface area contributed by atoms with Gasteiger partial charge in [0.1, 0.15) is 29.7 Å². The van der Waals surface area contributed by atoms with Crippen LogP contribution in [0.3, 0.4) is 0 Å². The molecule has 0 spiro atoms. The smallest absolute Gasteiger partial charge is 0.165 e. The Hall–Kier alpha value is -2.14. The van der Waals surface area contributed by atoms with Gasteiger partial charge in [0.15, 0.2) is 5.65 Å². The van der Waals surface area contributed by atoms with Crippen LogP contribution in [0.4, 0.5) is 0 Å². The van der Waals surface area contributed by atoms with Crippen LogP contribution in [-0.4, -0.2) is 26.2 Å². The first-order valence-electron chi connectivity index (χ1n) is 5.91. The third-order valence-electron chi connectivity index (χ3n) is 3.30. The van der Waals surface area contributed by atoms with Gasteiger partial charge in [0.25, 0.3) is 0 Å². The first kappa shape index (κ1) is 10.8. The first-order valence-corrected chi connectivity index (χ1v) is 6.28. The van der Waals surface area contributed by atoms with Crippen molar-refractivity contribution < 1.29 is 4.74 Å². The molecule has 2 aromatic heterocycles. The molecule has 0 radical (unpaired) electrons. The second-order valence-electron chi connectivity index (χ2n) is 4.40. The van der Waals surface area contributed by atoms with E-state index in [2.05, 4.69) is 21.2 Å². The molecule has 6 heteroatoms. The highest BCUT2D eigenvalue weighted by Gasteiger charge is 2.29. The van der Waals surface area contributed by atoms with Crippen LogP contribution >= 0.6 is 11.6 Å². The minimum atomic E-state index is 0.0779. The fourth-order valence-corrected chi connectivity index (χ4v) is 2.54. The Morgan fingerprint density at radius 3 is 3.11 bits per heavy atom. The molecule has 19 heavy (non-hydrogen) atoms. The van der Waals surface area contributed by atoms with E-state index in [9.17, 15) is 0 Å². The number of nitrogens with zero attached hydrogens (tertiary/aromatic N) is 4. The molecular formula is C13H9ClN4O. The van der Waals surface area contributed by atoms with E-state index in [4.69, 9.17) is 16.3 Å². The lowest BCUT2D eigenvalue weighted by molar-refractivity contribution is 0.339. The summed E-state index contributed by atoms with van der Waals surface area (Å²) in [6, 6.07) is 9.67. The van der Waals surface area contributed by atoms with Gasteiger partial charge in [-0.25, -0.2) is 4.98 Å². The zero-order valence-corrected chi connectivity index (χ0v) is 10.6. The number of benzene rings is 1. The summed E-state index contributed by atoms with van der Waals surface area (Å²) in [6.07, 6.45) is 1.65. The van der Waals surface area contributed by atoms with Crippen molar-refractivity contribution in [1.29, 1.82) is 0 Å². The number of hydrogen-bond donors (Lipinski definition) is 0. The number of halogens is 1. The summed E-state index contributed by atoms with van der Waals surface area (Å²) in [4.78, 5) is 4.08. The molecule has 0 N–H and O–H groups in total. The Balaban J connectivity index is 1.88. The topological polar surface area (TPSA) is 52.3 Å². The minimum absolute atomic E-state index is 0.0779. The Morgan fingerprint density at radius 1 is 1.26 bits per heavy atom. The summed E-state index contributed by atoms with van der Waals surface area (Å²) in [6.45, 7) is 0.572. The average Bonchev–Trinajstić information content (AvgIpc) is 3.01. The van der Waals surface area contributed by atoms with E-state index in [1.165, 1.54) is 0 Å². The van der Waals surface area contributed by atoms with Crippen LogP contribution in [0, 0.1) is 0 Å². The van der Waals surface area contributed by atoms with Gasteiger partial charge in [-0.15, -0.1) is 10.2 Å².